The average molecular weight is 767 g/mol. The number of anilines is 2. The molecule has 7 N–H and O–H groups in total. The Morgan fingerprint density at radius 3 is 2.24 bits per heavy atom. The minimum Gasteiger partial charge on any atom is -0.477 e. The first-order chi connectivity index (χ1) is 26.1. The Morgan fingerprint density at radius 2 is 1.65 bits per heavy atom. The number of aryl methyl sites for hydroxylation is 1. The monoisotopic (exact) mass is 766 g/mol. The second-order valence-corrected chi connectivity index (χ2v) is 13.4. The lowest BCUT2D eigenvalue weighted by Crippen LogP contribution is -2.54. The highest BCUT2D eigenvalue weighted by atomic mass is 19.1. The molecule has 2 aromatic carbocycles. The van der Waals surface area contributed by atoms with Crippen LogP contribution < -0.4 is 37.3 Å². The van der Waals surface area contributed by atoms with Gasteiger partial charge in [0.15, 0.2) is 0 Å². The van der Waals surface area contributed by atoms with Gasteiger partial charge in [0.05, 0.1) is 11.2 Å². The second-order valence-electron chi connectivity index (χ2n) is 13.4. The lowest BCUT2D eigenvalue weighted by atomic mass is 10.0. The Hall–Kier alpha value is -6.20. The number of carboxylic acid groups (broad SMARTS) is 1. The summed E-state index contributed by atoms with van der Waals surface area (Å²) < 4.78 is 22.4. The Kier molecular flexibility index (Phi) is 14.1. The van der Waals surface area contributed by atoms with Gasteiger partial charge in [-0.05, 0) is 55.5 Å². The zero-order valence-electron chi connectivity index (χ0n) is 31.1. The number of halogens is 1. The number of piperazine rings is 1. The molecule has 0 aliphatic carbocycles. The molecule has 2 atom stereocenters. The average Bonchev–Trinajstić information content (AvgIpc) is 3.14. The molecule has 4 rings (SSSR count). The number of nitrogens with one attached hydrogen (secondary N) is 4. The third-order valence-electron chi connectivity index (χ3n) is 9.09. The van der Waals surface area contributed by atoms with Gasteiger partial charge in [0, 0.05) is 63.5 Å². The predicted octanol–water partition coefficient (Wildman–Crippen LogP) is 2.35. The fourth-order valence-corrected chi connectivity index (χ4v) is 6.14. The maximum absolute atomic E-state index is 15.3. The highest BCUT2D eigenvalue weighted by molar-refractivity contribution is 5.98. The number of carbonyl (C=O) groups excluding carboxylic acids is 5. The number of amides is 6. The maximum atomic E-state index is 15.3. The number of pyridine rings is 1. The summed E-state index contributed by atoms with van der Waals surface area (Å²) in [5.41, 5.74) is 5.60. The van der Waals surface area contributed by atoms with E-state index >= 15 is 4.39 Å². The van der Waals surface area contributed by atoms with Gasteiger partial charge < -0.3 is 51.2 Å². The number of rotatable bonds is 15. The minimum absolute atomic E-state index is 0.0279. The van der Waals surface area contributed by atoms with E-state index in [1.54, 1.807) is 54.5 Å². The van der Waals surface area contributed by atoms with Crippen LogP contribution in [0.25, 0.3) is 10.9 Å². The van der Waals surface area contributed by atoms with Crippen LogP contribution in [0.15, 0.2) is 47.4 Å². The number of hydrogen-bond acceptors (Lipinski definition) is 9. The first-order valence-electron chi connectivity index (χ1n) is 17.9. The molecule has 0 radical (unpaired) electrons. The summed E-state index contributed by atoms with van der Waals surface area (Å²) in [4.78, 5) is 89.4. The number of nitrogens with zero attached hydrogens (tertiary/aromatic N) is 3. The third kappa shape index (κ3) is 10.9. The summed E-state index contributed by atoms with van der Waals surface area (Å²) in [6.45, 7) is 8.11. The molecule has 2 heterocycles. The molecule has 6 amide bonds. The van der Waals surface area contributed by atoms with Gasteiger partial charge in [-0.1, -0.05) is 26.0 Å². The van der Waals surface area contributed by atoms with E-state index in [9.17, 15) is 38.7 Å². The number of carbonyl (C=O) groups is 6. The van der Waals surface area contributed by atoms with E-state index in [-0.39, 0.29) is 62.7 Å². The van der Waals surface area contributed by atoms with Gasteiger partial charge >= 0.3 is 18.1 Å². The number of aromatic carboxylic acids is 1. The number of urea groups is 1. The summed E-state index contributed by atoms with van der Waals surface area (Å²) in [5.74, 6) is -3.76. The van der Waals surface area contributed by atoms with Gasteiger partial charge in [0.25, 0.3) is 0 Å². The molecular weight excluding hydrogens is 719 g/mol. The van der Waals surface area contributed by atoms with Crippen molar-refractivity contribution in [3.63, 3.8) is 0 Å². The van der Waals surface area contributed by atoms with E-state index in [4.69, 9.17) is 10.5 Å². The molecule has 1 aliphatic heterocycles. The molecule has 1 saturated heterocycles. The largest absolute Gasteiger partial charge is 0.477 e. The van der Waals surface area contributed by atoms with Crippen molar-refractivity contribution in [3.8, 4) is 0 Å². The number of ether oxygens (including phenoxy) is 1. The molecule has 0 saturated carbocycles. The van der Waals surface area contributed by atoms with Crippen LogP contribution in [0.3, 0.4) is 0 Å². The van der Waals surface area contributed by atoms with E-state index in [1.807, 2.05) is 0 Å². The number of aromatic nitrogens is 1. The Morgan fingerprint density at radius 1 is 0.982 bits per heavy atom. The summed E-state index contributed by atoms with van der Waals surface area (Å²) >= 11 is 0. The number of primary amides is 1. The molecule has 1 fully saturated rings. The van der Waals surface area contributed by atoms with Crippen molar-refractivity contribution in [1.82, 2.24) is 25.4 Å². The first kappa shape index (κ1) is 41.6. The van der Waals surface area contributed by atoms with Gasteiger partial charge in [0.2, 0.25) is 23.2 Å². The molecule has 3 aromatic rings. The molecule has 1 aromatic heterocycles. The van der Waals surface area contributed by atoms with Crippen molar-refractivity contribution in [2.75, 3.05) is 42.9 Å². The number of fused-ring (bicyclic) bond motifs is 1. The number of nitrogens with two attached hydrogens (primary N) is 1. The molecule has 2 unspecified atom stereocenters. The van der Waals surface area contributed by atoms with Crippen LogP contribution in [0.5, 0.6) is 0 Å². The van der Waals surface area contributed by atoms with Gasteiger partial charge in [-0.3, -0.25) is 19.2 Å². The minimum atomic E-state index is -1.39. The van der Waals surface area contributed by atoms with Crippen LogP contribution >= 0.6 is 0 Å². The van der Waals surface area contributed by atoms with Crippen molar-refractivity contribution in [1.29, 1.82) is 0 Å². The number of carboxylic acids is 1. The van der Waals surface area contributed by atoms with Crippen molar-refractivity contribution in [2.24, 2.45) is 11.7 Å². The standard InChI is InChI=1S/C37H47FN8O9/c1-5-44-19-26(35(51)52)32(48)25-17-27(38)30(18-29(25)44)45-13-15-46(16-14-45)37(54)55-20-23-8-10-24(11-9-23)42-33(49)28(7-6-12-40-36(39)53)43-34(50)31(21(2)3)41-22(4)47/h8-11,17-19,21,28,31H,5-7,12-16,20H2,1-4H3,(H,41,47)(H,42,49)(H,43,50)(H,51,52)(H3,39,40,53). The quantitative estimate of drug-likeness (QED) is 0.124. The van der Waals surface area contributed by atoms with Gasteiger partial charge in [-0.2, -0.15) is 0 Å². The topological polar surface area (TPSA) is 234 Å². The fourth-order valence-electron chi connectivity index (χ4n) is 6.14. The fraction of sp³-hybridized carbons (Fsp3) is 0.432. The van der Waals surface area contributed by atoms with Gasteiger partial charge in [-0.15, -0.1) is 0 Å². The van der Waals surface area contributed by atoms with E-state index in [1.165, 1.54) is 24.1 Å². The molecule has 296 valence electrons. The van der Waals surface area contributed by atoms with Crippen molar-refractivity contribution >= 4 is 58.1 Å². The molecule has 0 spiro atoms. The molecule has 18 heteroatoms. The predicted molar refractivity (Wildman–Crippen MR) is 201 cm³/mol. The Labute approximate surface area is 316 Å². The summed E-state index contributed by atoms with van der Waals surface area (Å²) in [7, 11) is 0. The smallest absolute Gasteiger partial charge is 0.410 e. The summed E-state index contributed by atoms with van der Waals surface area (Å²) in [5, 5.41) is 19.9. The summed E-state index contributed by atoms with van der Waals surface area (Å²) in [6, 6.07) is 6.55. The van der Waals surface area contributed by atoms with Crippen molar-refractivity contribution < 1.29 is 43.0 Å². The van der Waals surface area contributed by atoms with Crippen molar-refractivity contribution in [3.05, 3.63) is 69.8 Å². The zero-order valence-corrected chi connectivity index (χ0v) is 31.1. The van der Waals surface area contributed by atoms with E-state index in [2.05, 4.69) is 21.3 Å². The van der Waals surface area contributed by atoms with E-state index in [0.717, 1.165) is 6.07 Å². The van der Waals surface area contributed by atoms with E-state index in [0.29, 0.717) is 29.7 Å². The van der Waals surface area contributed by atoms with Crippen LogP contribution in [-0.4, -0.2) is 95.2 Å². The van der Waals surface area contributed by atoms with Crippen LogP contribution in [-0.2, 0) is 32.3 Å². The maximum Gasteiger partial charge on any atom is 0.410 e. The first-order valence-corrected chi connectivity index (χ1v) is 17.9. The molecule has 55 heavy (non-hydrogen) atoms. The second kappa shape index (κ2) is 18.7. The molecule has 0 bridgehead atoms. The lowest BCUT2D eigenvalue weighted by Gasteiger charge is -2.35. The van der Waals surface area contributed by atoms with E-state index < -0.39 is 64.7 Å². The molecular formula is C37H47FN8O9. The molecule has 17 nitrogen and oxygen atoms in total. The number of benzene rings is 2. The highest BCUT2D eigenvalue weighted by Crippen LogP contribution is 2.27. The van der Waals surface area contributed by atoms with Gasteiger partial charge in [0.1, 0.15) is 30.1 Å². The SMILES string of the molecule is CCn1cc(C(=O)O)c(=O)c2cc(F)c(N3CCN(C(=O)OCc4ccc(NC(=O)C(CCCNC(N)=O)NC(=O)C(NC(C)=O)C(C)C)cc4)CC3)cc21. The number of hydrogen-bond donors (Lipinski definition) is 6. The Balaban J connectivity index is 1.32. The van der Waals surface area contributed by atoms with Gasteiger partial charge in [-0.25, -0.2) is 18.8 Å². The summed E-state index contributed by atoms with van der Waals surface area (Å²) in [6.07, 6.45) is 1.17. The zero-order chi connectivity index (χ0) is 40.4. The highest BCUT2D eigenvalue weighted by Gasteiger charge is 2.29. The van der Waals surface area contributed by atoms with Crippen molar-refractivity contribution in [2.45, 2.75) is 65.8 Å². The third-order valence-corrected chi connectivity index (χ3v) is 9.09. The lowest BCUT2D eigenvalue weighted by molar-refractivity contribution is -0.131. The van der Waals surface area contributed by atoms with Crippen LogP contribution in [0.1, 0.15) is 56.5 Å². The normalized spacial score (nSPS) is 13.9. The molecule has 1 aliphatic rings. The van der Waals surface area contributed by atoms with Crippen LogP contribution in [0.4, 0.5) is 25.4 Å². The van der Waals surface area contributed by atoms with Crippen LogP contribution in [0, 0.1) is 11.7 Å². The van der Waals surface area contributed by atoms with Crippen LogP contribution in [0.2, 0.25) is 0 Å². The Bertz CT molecular complexity index is 1980.